The first-order chi connectivity index (χ1) is 9.28. The number of nitro groups is 1. The van der Waals surface area contributed by atoms with E-state index in [-0.39, 0.29) is 35.1 Å². The molecular weight excluding hydrogens is 288 g/mol. The Balaban J connectivity index is 2.16. The summed E-state index contributed by atoms with van der Waals surface area (Å²) in [6.45, 7) is 0. The van der Waals surface area contributed by atoms with Gasteiger partial charge < -0.3 is 10.4 Å². The first-order valence-corrected chi connectivity index (χ1v) is 7.59. The highest BCUT2D eigenvalue weighted by Gasteiger charge is 2.33. The summed E-state index contributed by atoms with van der Waals surface area (Å²) in [4.78, 5) is 21.8. The van der Waals surface area contributed by atoms with E-state index in [1.807, 2.05) is 0 Å². The maximum Gasteiger partial charge on any atom is 0.271 e. The lowest BCUT2D eigenvalue weighted by Crippen LogP contribution is -2.23. The number of phenols is 1. The largest absolute Gasteiger partial charge is 0.506 e. The molecule has 1 aliphatic heterocycles. The minimum Gasteiger partial charge on any atom is -0.506 e. The lowest BCUT2D eigenvalue weighted by Gasteiger charge is -2.10. The molecular formula is C11H12N2O6S. The number of nitrogens with one attached hydrogen (secondary N) is 1. The molecule has 2 N–H and O–H groups in total. The Morgan fingerprint density at radius 3 is 2.70 bits per heavy atom. The molecule has 20 heavy (non-hydrogen) atoms. The fourth-order valence-corrected chi connectivity index (χ4v) is 3.72. The van der Waals surface area contributed by atoms with Crippen LogP contribution in [0.1, 0.15) is 6.42 Å². The van der Waals surface area contributed by atoms with Crippen molar-refractivity contribution in [2.24, 2.45) is 5.92 Å². The number of amides is 1. The van der Waals surface area contributed by atoms with Gasteiger partial charge in [0.05, 0.1) is 28.0 Å². The van der Waals surface area contributed by atoms with E-state index in [0.29, 0.717) is 0 Å². The molecule has 0 saturated carbocycles. The maximum atomic E-state index is 11.9. The van der Waals surface area contributed by atoms with Gasteiger partial charge in [0.1, 0.15) is 5.75 Å². The molecule has 108 valence electrons. The predicted molar refractivity (Wildman–Crippen MR) is 70.2 cm³/mol. The Labute approximate surface area is 114 Å². The average molecular weight is 300 g/mol. The normalized spacial score (nSPS) is 20.5. The molecule has 2 rings (SSSR count). The van der Waals surface area contributed by atoms with Crippen molar-refractivity contribution in [2.45, 2.75) is 6.42 Å². The van der Waals surface area contributed by atoms with Crippen molar-refractivity contribution in [2.75, 3.05) is 16.8 Å². The molecule has 9 heteroatoms. The summed E-state index contributed by atoms with van der Waals surface area (Å²) in [5.74, 6) is -1.87. The molecule has 0 aliphatic carbocycles. The van der Waals surface area contributed by atoms with Crippen LogP contribution in [0.5, 0.6) is 5.75 Å². The fraction of sp³-hybridized carbons (Fsp3) is 0.364. The van der Waals surface area contributed by atoms with Gasteiger partial charge in [0.25, 0.3) is 5.69 Å². The van der Waals surface area contributed by atoms with Crippen LogP contribution in [0.15, 0.2) is 18.2 Å². The number of benzene rings is 1. The van der Waals surface area contributed by atoms with Gasteiger partial charge in [-0.2, -0.15) is 0 Å². The lowest BCUT2D eigenvalue weighted by atomic mass is 10.1. The Hall–Kier alpha value is -2.16. The van der Waals surface area contributed by atoms with Crippen molar-refractivity contribution in [3.63, 3.8) is 0 Å². The third kappa shape index (κ3) is 3.05. The summed E-state index contributed by atoms with van der Waals surface area (Å²) >= 11 is 0. The zero-order valence-electron chi connectivity index (χ0n) is 10.3. The number of hydrogen-bond donors (Lipinski definition) is 2. The van der Waals surface area contributed by atoms with Crippen LogP contribution in [0.4, 0.5) is 11.4 Å². The van der Waals surface area contributed by atoms with Gasteiger partial charge in [-0.1, -0.05) is 0 Å². The maximum absolute atomic E-state index is 11.9. The zero-order chi connectivity index (χ0) is 14.9. The number of anilines is 1. The molecule has 1 fully saturated rings. The van der Waals surface area contributed by atoms with Crippen molar-refractivity contribution < 1.29 is 23.2 Å². The van der Waals surface area contributed by atoms with Crippen LogP contribution in [0, 0.1) is 16.0 Å². The van der Waals surface area contributed by atoms with E-state index in [0.717, 1.165) is 18.2 Å². The van der Waals surface area contributed by atoms with Gasteiger partial charge in [0, 0.05) is 12.1 Å². The number of hydrogen-bond acceptors (Lipinski definition) is 6. The van der Waals surface area contributed by atoms with Gasteiger partial charge in [0.15, 0.2) is 9.84 Å². The molecule has 0 aromatic heterocycles. The summed E-state index contributed by atoms with van der Waals surface area (Å²) in [5.41, 5.74) is -0.384. The molecule has 0 radical (unpaired) electrons. The molecule has 1 atom stereocenters. The van der Waals surface area contributed by atoms with E-state index >= 15 is 0 Å². The Morgan fingerprint density at radius 1 is 1.45 bits per heavy atom. The van der Waals surface area contributed by atoms with Crippen molar-refractivity contribution in [1.82, 2.24) is 0 Å². The molecule has 0 spiro atoms. The second-order valence-corrected chi connectivity index (χ2v) is 6.78. The third-order valence-electron chi connectivity index (χ3n) is 3.05. The minimum atomic E-state index is -3.20. The van der Waals surface area contributed by atoms with Crippen LogP contribution < -0.4 is 5.32 Å². The highest BCUT2D eigenvalue weighted by molar-refractivity contribution is 7.91. The van der Waals surface area contributed by atoms with E-state index in [2.05, 4.69) is 5.32 Å². The van der Waals surface area contributed by atoms with Gasteiger partial charge in [-0.05, 0) is 12.5 Å². The molecule has 1 amide bonds. The smallest absolute Gasteiger partial charge is 0.271 e. The van der Waals surface area contributed by atoms with Gasteiger partial charge in [0.2, 0.25) is 5.91 Å². The molecule has 0 bridgehead atoms. The quantitative estimate of drug-likeness (QED) is 0.480. The third-order valence-corrected chi connectivity index (χ3v) is 4.82. The minimum absolute atomic E-state index is 0.0496. The Kier molecular flexibility index (Phi) is 3.62. The van der Waals surface area contributed by atoms with Crippen molar-refractivity contribution >= 4 is 27.1 Å². The molecule has 1 unspecified atom stereocenters. The first-order valence-electron chi connectivity index (χ1n) is 5.77. The van der Waals surface area contributed by atoms with E-state index in [1.165, 1.54) is 0 Å². The van der Waals surface area contributed by atoms with Crippen LogP contribution in [0.3, 0.4) is 0 Å². The summed E-state index contributed by atoms with van der Waals surface area (Å²) in [7, 11) is -3.20. The molecule has 8 nitrogen and oxygen atoms in total. The van der Waals surface area contributed by atoms with Crippen molar-refractivity contribution in [3.05, 3.63) is 28.3 Å². The predicted octanol–water partition coefficient (Wildman–Crippen LogP) is 0.674. The van der Waals surface area contributed by atoms with Crippen LogP contribution in [-0.4, -0.2) is 35.9 Å². The second-order valence-electron chi connectivity index (χ2n) is 4.55. The van der Waals surface area contributed by atoms with Crippen LogP contribution in [0.2, 0.25) is 0 Å². The number of non-ortho nitro benzene ring substituents is 1. The Morgan fingerprint density at radius 2 is 2.15 bits per heavy atom. The monoisotopic (exact) mass is 300 g/mol. The second kappa shape index (κ2) is 5.08. The highest BCUT2D eigenvalue weighted by Crippen LogP contribution is 2.29. The van der Waals surface area contributed by atoms with Gasteiger partial charge >= 0.3 is 0 Å². The number of aromatic hydroxyl groups is 1. The summed E-state index contributed by atoms with van der Waals surface area (Å²) in [5, 5.41) is 22.5. The summed E-state index contributed by atoms with van der Waals surface area (Å²) in [6.07, 6.45) is 0.212. The van der Waals surface area contributed by atoms with Gasteiger partial charge in [-0.25, -0.2) is 8.42 Å². The lowest BCUT2D eigenvalue weighted by molar-refractivity contribution is -0.384. The molecule has 1 heterocycles. The SMILES string of the molecule is O=C(Nc1cc([N+](=O)[O-])ccc1O)C1CCS(=O)(=O)C1. The zero-order valence-corrected chi connectivity index (χ0v) is 11.1. The summed E-state index contributed by atoms with van der Waals surface area (Å²) < 4.78 is 22.6. The van der Waals surface area contributed by atoms with E-state index < -0.39 is 26.6 Å². The number of carbonyl (C=O) groups excluding carboxylic acids is 1. The van der Waals surface area contributed by atoms with Crippen LogP contribution in [0.25, 0.3) is 0 Å². The summed E-state index contributed by atoms with van der Waals surface area (Å²) in [6, 6.07) is 3.22. The number of sulfone groups is 1. The van der Waals surface area contributed by atoms with E-state index in [4.69, 9.17) is 0 Å². The number of rotatable bonds is 3. The number of phenolic OH excluding ortho intramolecular Hbond substituents is 1. The van der Waals surface area contributed by atoms with Crippen LogP contribution in [-0.2, 0) is 14.6 Å². The molecule has 1 aromatic rings. The van der Waals surface area contributed by atoms with E-state index in [1.54, 1.807) is 0 Å². The first kappa shape index (κ1) is 14.3. The number of carbonyl (C=O) groups is 1. The average Bonchev–Trinajstić information content (AvgIpc) is 2.72. The van der Waals surface area contributed by atoms with Crippen LogP contribution >= 0.6 is 0 Å². The van der Waals surface area contributed by atoms with E-state index in [9.17, 15) is 28.4 Å². The fourth-order valence-electron chi connectivity index (χ4n) is 1.97. The van der Waals surface area contributed by atoms with Crippen molar-refractivity contribution in [1.29, 1.82) is 0 Å². The Bertz CT molecular complexity index is 669. The standard InChI is InChI=1S/C11H12N2O6S/c14-10-2-1-8(13(16)17)5-9(10)12-11(15)7-3-4-20(18,19)6-7/h1-2,5,7,14H,3-4,6H2,(H,12,15). The molecule has 1 aliphatic rings. The molecule has 1 saturated heterocycles. The highest BCUT2D eigenvalue weighted by atomic mass is 32.2. The van der Waals surface area contributed by atoms with Crippen molar-refractivity contribution in [3.8, 4) is 5.75 Å². The number of nitro benzene ring substituents is 1. The topological polar surface area (TPSA) is 127 Å². The van der Waals surface area contributed by atoms with Gasteiger partial charge in [-0.3, -0.25) is 14.9 Å². The number of nitrogens with zero attached hydrogens (tertiary/aromatic N) is 1. The molecule has 1 aromatic carbocycles. The van der Waals surface area contributed by atoms with Gasteiger partial charge in [-0.15, -0.1) is 0 Å².